The Labute approximate surface area is 202 Å². The van der Waals surface area contributed by atoms with Crippen molar-refractivity contribution in [1.29, 1.82) is 0 Å². The summed E-state index contributed by atoms with van der Waals surface area (Å²) in [5.74, 6) is 0.783. The third-order valence-electron chi connectivity index (χ3n) is 4.34. The van der Waals surface area contributed by atoms with Crippen LogP contribution in [0.5, 0.6) is 11.5 Å². The van der Waals surface area contributed by atoms with Crippen LogP contribution in [-0.4, -0.2) is 32.0 Å². The molecule has 0 saturated carbocycles. The minimum Gasteiger partial charge on any atom is -0.481 e. The van der Waals surface area contributed by atoms with E-state index in [0.717, 1.165) is 0 Å². The highest BCUT2D eigenvalue weighted by atomic mass is 35.5. The molecule has 0 amide bonds. The Morgan fingerprint density at radius 2 is 1.47 bits per heavy atom. The monoisotopic (exact) mass is 516 g/mol. The molecule has 0 saturated heterocycles. The highest BCUT2D eigenvalue weighted by Gasteiger charge is 2.26. The van der Waals surface area contributed by atoms with E-state index in [-0.39, 0.29) is 33.6 Å². The van der Waals surface area contributed by atoms with Crippen molar-refractivity contribution in [1.82, 2.24) is 0 Å². The molecule has 2 aliphatic rings. The predicted octanol–water partition coefficient (Wildman–Crippen LogP) is 5.54. The lowest BCUT2D eigenvalue weighted by atomic mass is 10.2. The summed E-state index contributed by atoms with van der Waals surface area (Å²) in [5.41, 5.74) is 0.709. The zero-order valence-corrected chi connectivity index (χ0v) is 19.5. The van der Waals surface area contributed by atoms with E-state index in [2.05, 4.69) is 10.6 Å². The second kappa shape index (κ2) is 9.36. The Balaban J connectivity index is 0.000000181. The predicted molar refractivity (Wildman–Crippen MR) is 129 cm³/mol. The Morgan fingerprint density at radius 1 is 0.875 bits per heavy atom. The summed E-state index contributed by atoms with van der Waals surface area (Å²) in [6.07, 6.45) is -0.593. The highest BCUT2D eigenvalue weighted by Crippen LogP contribution is 2.40. The SMILES string of the molecule is CC1Oc2c(Cl)cc([N+](=O)[O-])cc2NC1=S.CC1Oc2cc([N+](=O)[O-])c(Cl)cc2NC1=S. The average molecular weight is 517 g/mol. The van der Waals surface area contributed by atoms with E-state index < -0.39 is 9.85 Å². The van der Waals surface area contributed by atoms with Gasteiger partial charge < -0.3 is 20.1 Å². The van der Waals surface area contributed by atoms with Gasteiger partial charge >= 0.3 is 0 Å². The van der Waals surface area contributed by atoms with Crippen molar-refractivity contribution in [2.24, 2.45) is 0 Å². The number of nitrogens with one attached hydrogen (secondary N) is 2. The summed E-state index contributed by atoms with van der Waals surface area (Å²) in [5, 5.41) is 27.3. The number of nitro groups is 2. The third-order valence-corrected chi connectivity index (χ3v) is 5.79. The Bertz CT molecular complexity index is 1160. The van der Waals surface area contributed by atoms with Crippen molar-refractivity contribution >= 4 is 80.4 Å². The number of thiocarbonyl (C=S) groups is 2. The van der Waals surface area contributed by atoms with Gasteiger partial charge in [0, 0.05) is 12.1 Å². The number of benzene rings is 2. The molecule has 10 nitrogen and oxygen atoms in total. The van der Waals surface area contributed by atoms with Crippen LogP contribution < -0.4 is 20.1 Å². The van der Waals surface area contributed by atoms with Crippen LogP contribution in [0.15, 0.2) is 24.3 Å². The second-order valence-electron chi connectivity index (χ2n) is 6.62. The van der Waals surface area contributed by atoms with Gasteiger partial charge in [-0.2, -0.15) is 0 Å². The molecular weight excluding hydrogens is 503 g/mol. The summed E-state index contributed by atoms with van der Waals surface area (Å²) in [7, 11) is 0. The number of nitrogens with zero attached hydrogens (tertiary/aromatic N) is 2. The molecule has 4 rings (SSSR count). The molecule has 14 heteroatoms. The van der Waals surface area contributed by atoms with Crippen molar-refractivity contribution in [3.8, 4) is 11.5 Å². The minimum atomic E-state index is -0.552. The number of halogens is 2. The number of hydrogen-bond acceptors (Lipinski definition) is 8. The number of nitro benzene ring substituents is 2. The van der Waals surface area contributed by atoms with Crippen LogP contribution in [-0.2, 0) is 0 Å². The molecule has 168 valence electrons. The maximum Gasteiger partial charge on any atom is 0.291 e. The van der Waals surface area contributed by atoms with Crippen LogP contribution in [0.3, 0.4) is 0 Å². The highest BCUT2D eigenvalue weighted by molar-refractivity contribution is 7.81. The zero-order chi connectivity index (χ0) is 23.7. The lowest BCUT2D eigenvalue weighted by Crippen LogP contribution is -2.33. The van der Waals surface area contributed by atoms with E-state index in [4.69, 9.17) is 57.1 Å². The van der Waals surface area contributed by atoms with Gasteiger partial charge in [-0.3, -0.25) is 20.2 Å². The third kappa shape index (κ3) is 4.99. The van der Waals surface area contributed by atoms with Gasteiger partial charge in [0.15, 0.2) is 11.5 Å². The summed E-state index contributed by atoms with van der Waals surface area (Å²) in [4.78, 5) is 21.2. The quantitative estimate of drug-likeness (QED) is 0.298. The van der Waals surface area contributed by atoms with Crippen molar-refractivity contribution in [3.63, 3.8) is 0 Å². The Morgan fingerprint density at radius 3 is 2.06 bits per heavy atom. The van der Waals surface area contributed by atoms with E-state index in [9.17, 15) is 20.2 Å². The fraction of sp³-hybridized carbons (Fsp3) is 0.222. The molecule has 2 aliphatic heterocycles. The average Bonchev–Trinajstić information content (AvgIpc) is 2.70. The molecule has 0 spiro atoms. The molecule has 2 unspecified atom stereocenters. The van der Waals surface area contributed by atoms with Gasteiger partial charge in [-0.25, -0.2) is 0 Å². The molecule has 32 heavy (non-hydrogen) atoms. The fourth-order valence-electron chi connectivity index (χ4n) is 2.72. The summed E-state index contributed by atoms with van der Waals surface area (Å²) >= 11 is 21.7. The summed E-state index contributed by atoms with van der Waals surface area (Å²) in [6.45, 7) is 3.54. The van der Waals surface area contributed by atoms with Gasteiger partial charge in [-0.05, 0) is 19.9 Å². The molecule has 0 radical (unpaired) electrons. The first-order valence-electron chi connectivity index (χ1n) is 8.88. The van der Waals surface area contributed by atoms with Crippen LogP contribution >= 0.6 is 47.6 Å². The van der Waals surface area contributed by atoms with Crippen molar-refractivity contribution in [2.75, 3.05) is 10.6 Å². The molecule has 0 aromatic heterocycles. The van der Waals surface area contributed by atoms with E-state index >= 15 is 0 Å². The Kier molecular flexibility index (Phi) is 6.98. The van der Waals surface area contributed by atoms with E-state index in [1.165, 1.54) is 24.3 Å². The zero-order valence-electron chi connectivity index (χ0n) is 16.4. The smallest absolute Gasteiger partial charge is 0.291 e. The summed E-state index contributed by atoms with van der Waals surface area (Å²) in [6, 6.07) is 5.33. The van der Waals surface area contributed by atoms with Gasteiger partial charge in [-0.1, -0.05) is 47.6 Å². The number of hydrogen-bond donors (Lipinski definition) is 2. The van der Waals surface area contributed by atoms with E-state index in [1.807, 2.05) is 0 Å². The first-order valence-corrected chi connectivity index (χ1v) is 10.5. The van der Waals surface area contributed by atoms with Crippen molar-refractivity contribution in [3.05, 3.63) is 54.5 Å². The van der Waals surface area contributed by atoms with Crippen LogP contribution in [0.2, 0.25) is 10.0 Å². The Hall–Kier alpha value is -2.80. The lowest BCUT2D eigenvalue weighted by molar-refractivity contribution is -0.384. The maximum atomic E-state index is 10.7. The van der Waals surface area contributed by atoms with Gasteiger partial charge in [0.1, 0.15) is 27.2 Å². The number of rotatable bonds is 2. The summed E-state index contributed by atoms with van der Waals surface area (Å²) < 4.78 is 10.9. The van der Waals surface area contributed by atoms with Crippen LogP contribution in [0.4, 0.5) is 22.7 Å². The normalized spacial score (nSPS) is 18.4. The molecule has 0 fully saturated rings. The van der Waals surface area contributed by atoms with Gasteiger partial charge in [0.05, 0.1) is 32.3 Å². The first kappa shape index (κ1) is 23.9. The molecule has 2 aromatic carbocycles. The van der Waals surface area contributed by atoms with E-state index in [1.54, 1.807) is 13.8 Å². The van der Waals surface area contributed by atoms with Gasteiger partial charge in [0.25, 0.3) is 11.4 Å². The molecular formula is C18H14Cl2N4O6S2. The van der Waals surface area contributed by atoms with E-state index in [0.29, 0.717) is 32.9 Å². The van der Waals surface area contributed by atoms with Crippen molar-refractivity contribution < 1.29 is 19.3 Å². The molecule has 2 atom stereocenters. The van der Waals surface area contributed by atoms with Crippen LogP contribution in [0.25, 0.3) is 0 Å². The second-order valence-corrected chi connectivity index (χ2v) is 8.31. The van der Waals surface area contributed by atoms with Crippen LogP contribution in [0, 0.1) is 20.2 Å². The standard InChI is InChI=1S/2C9H7ClN2O3S/c1-4-9(16)11-6-2-5(10)7(12(13)14)3-8(6)15-4;1-4-9(16)11-7-3-5(12(13)14)2-6(10)8(7)15-4/h2*2-4H,1H3,(H,11,16). The topological polar surface area (TPSA) is 129 Å². The molecule has 2 heterocycles. The molecule has 2 aromatic rings. The van der Waals surface area contributed by atoms with Gasteiger partial charge in [0.2, 0.25) is 0 Å². The fourth-order valence-corrected chi connectivity index (χ4v) is 3.52. The minimum absolute atomic E-state index is 0.0530. The number of fused-ring (bicyclic) bond motifs is 2. The largest absolute Gasteiger partial charge is 0.481 e. The maximum absolute atomic E-state index is 10.7. The van der Waals surface area contributed by atoms with Crippen LogP contribution in [0.1, 0.15) is 13.8 Å². The number of ether oxygens (including phenoxy) is 2. The number of anilines is 2. The molecule has 0 aliphatic carbocycles. The van der Waals surface area contributed by atoms with Gasteiger partial charge in [-0.15, -0.1) is 0 Å². The van der Waals surface area contributed by atoms with Crippen molar-refractivity contribution in [2.45, 2.75) is 26.1 Å². The number of non-ortho nitro benzene ring substituents is 1. The lowest BCUT2D eigenvalue weighted by Gasteiger charge is -2.25. The first-order chi connectivity index (χ1) is 15.0. The molecule has 0 bridgehead atoms. The molecule has 2 N–H and O–H groups in total.